The number of carbonyl (C=O) groups excluding carboxylic acids is 2. The van der Waals surface area contributed by atoms with Gasteiger partial charge in [0, 0.05) is 31.7 Å². The van der Waals surface area contributed by atoms with E-state index in [0.29, 0.717) is 28.2 Å². The maximum atomic E-state index is 13.2. The molecule has 35 heavy (non-hydrogen) atoms. The van der Waals surface area contributed by atoms with E-state index in [-0.39, 0.29) is 11.3 Å². The lowest BCUT2D eigenvalue weighted by Gasteiger charge is -2.26. The standard InChI is InChI=1S/C25H29N5O4S/c1-18-7-9-19(10-8-18)23(32)28-27-22(31)17-35-25-26-21-6-3-2-5-20(21)24(33)30(25)12-4-11-29-13-15-34-16-14-29/h2-3,5-10H,4,11-17H2,1H3,(H,27,31)(H,28,32). The largest absolute Gasteiger partial charge is 0.379 e. The van der Waals surface area contributed by atoms with Gasteiger partial charge in [-0.15, -0.1) is 0 Å². The first-order chi connectivity index (χ1) is 17.0. The molecule has 0 aliphatic carbocycles. The minimum atomic E-state index is -0.396. The van der Waals surface area contributed by atoms with Crippen LogP contribution in [-0.4, -0.2) is 64.9 Å². The Kier molecular flexibility index (Phi) is 8.51. The summed E-state index contributed by atoms with van der Waals surface area (Å²) in [5, 5.41) is 1.04. The van der Waals surface area contributed by atoms with Crippen LogP contribution in [0.25, 0.3) is 10.9 Å². The summed E-state index contributed by atoms with van der Waals surface area (Å²) in [6.45, 7) is 6.54. The zero-order valence-corrected chi connectivity index (χ0v) is 20.5. The average molecular weight is 496 g/mol. The zero-order chi connectivity index (χ0) is 24.6. The molecule has 0 atom stereocenters. The molecule has 1 aliphatic rings. The van der Waals surface area contributed by atoms with Crippen LogP contribution >= 0.6 is 11.8 Å². The molecule has 4 rings (SSSR count). The topological polar surface area (TPSA) is 106 Å². The Labute approximate surface area is 207 Å². The number of rotatable bonds is 8. The smallest absolute Gasteiger partial charge is 0.269 e. The van der Waals surface area contributed by atoms with E-state index in [0.717, 1.165) is 44.8 Å². The van der Waals surface area contributed by atoms with Gasteiger partial charge < -0.3 is 4.74 Å². The van der Waals surface area contributed by atoms with Gasteiger partial charge in [0.05, 0.1) is 29.9 Å². The van der Waals surface area contributed by atoms with E-state index < -0.39 is 11.8 Å². The predicted molar refractivity (Wildman–Crippen MR) is 135 cm³/mol. The number of nitrogens with zero attached hydrogens (tertiary/aromatic N) is 3. The van der Waals surface area contributed by atoms with Gasteiger partial charge in [0.1, 0.15) is 0 Å². The first-order valence-electron chi connectivity index (χ1n) is 11.6. The first-order valence-corrected chi connectivity index (χ1v) is 12.6. The third-order valence-corrected chi connectivity index (χ3v) is 6.72. The minimum Gasteiger partial charge on any atom is -0.379 e. The Morgan fingerprint density at radius 2 is 1.77 bits per heavy atom. The number of hydrazine groups is 1. The van der Waals surface area contributed by atoms with E-state index in [4.69, 9.17) is 4.74 Å². The van der Waals surface area contributed by atoms with E-state index >= 15 is 0 Å². The summed E-state index contributed by atoms with van der Waals surface area (Å²) in [4.78, 5) is 44.8. The van der Waals surface area contributed by atoms with Crippen LogP contribution in [0.2, 0.25) is 0 Å². The van der Waals surface area contributed by atoms with Crippen LogP contribution in [0.1, 0.15) is 22.3 Å². The predicted octanol–water partition coefficient (Wildman–Crippen LogP) is 1.98. The summed E-state index contributed by atoms with van der Waals surface area (Å²) in [5.74, 6) is -0.785. The number of para-hydroxylation sites is 1. The van der Waals surface area contributed by atoms with Gasteiger partial charge in [0.15, 0.2) is 5.16 Å². The van der Waals surface area contributed by atoms with Crippen molar-refractivity contribution in [2.75, 3.05) is 38.6 Å². The van der Waals surface area contributed by atoms with Crippen molar-refractivity contribution in [1.29, 1.82) is 0 Å². The molecule has 0 unspecified atom stereocenters. The number of benzene rings is 2. The molecule has 0 saturated carbocycles. The highest BCUT2D eigenvalue weighted by Gasteiger charge is 2.15. The quantitative estimate of drug-likeness (QED) is 0.280. The van der Waals surface area contributed by atoms with Crippen LogP contribution in [0.15, 0.2) is 58.5 Å². The molecule has 1 aliphatic heterocycles. The highest BCUT2D eigenvalue weighted by atomic mass is 32.2. The number of hydrogen-bond acceptors (Lipinski definition) is 7. The number of thioether (sulfide) groups is 1. The number of fused-ring (bicyclic) bond motifs is 1. The lowest BCUT2D eigenvalue weighted by atomic mass is 10.1. The molecule has 2 amide bonds. The molecule has 1 saturated heterocycles. The molecule has 2 aromatic carbocycles. The molecule has 2 N–H and O–H groups in total. The van der Waals surface area contributed by atoms with E-state index in [1.165, 1.54) is 11.8 Å². The molecular formula is C25H29N5O4S. The summed E-state index contributed by atoms with van der Waals surface area (Å²) >= 11 is 1.17. The van der Waals surface area contributed by atoms with Crippen molar-refractivity contribution < 1.29 is 14.3 Å². The van der Waals surface area contributed by atoms with Crippen LogP contribution in [0.5, 0.6) is 0 Å². The van der Waals surface area contributed by atoms with Crippen LogP contribution in [0.3, 0.4) is 0 Å². The van der Waals surface area contributed by atoms with Gasteiger partial charge in [-0.2, -0.15) is 0 Å². The summed E-state index contributed by atoms with van der Waals surface area (Å²) < 4.78 is 7.04. The lowest BCUT2D eigenvalue weighted by Crippen LogP contribution is -2.42. The van der Waals surface area contributed by atoms with Crippen LogP contribution in [0.4, 0.5) is 0 Å². The highest BCUT2D eigenvalue weighted by Crippen LogP contribution is 2.18. The molecule has 184 valence electrons. The van der Waals surface area contributed by atoms with Gasteiger partial charge in [-0.3, -0.25) is 34.7 Å². The van der Waals surface area contributed by atoms with Crippen LogP contribution in [-0.2, 0) is 16.1 Å². The Hall–Kier alpha value is -3.21. The fourth-order valence-corrected chi connectivity index (χ4v) is 4.63. The van der Waals surface area contributed by atoms with Crippen LogP contribution < -0.4 is 16.4 Å². The molecule has 1 aromatic heterocycles. The Balaban J connectivity index is 1.39. The van der Waals surface area contributed by atoms with Gasteiger partial charge in [-0.1, -0.05) is 41.6 Å². The maximum Gasteiger partial charge on any atom is 0.269 e. The average Bonchev–Trinajstić information content (AvgIpc) is 2.88. The van der Waals surface area contributed by atoms with Crippen molar-refractivity contribution in [3.63, 3.8) is 0 Å². The number of amides is 2. The highest BCUT2D eigenvalue weighted by molar-refractivity contribution is 7.99. The Morgan fingerprint density at radius 3 is 2.54 bits per heavy atom. The molecular weight excluding hydrogens is 466 g/mol. The number of aryl methyl sites for hydroxylation is 1. The fourth-order valence-electron chi connectivity index (χ4n) is 3.80. The van der Waals surface area contributed by atoms with E-state index in [1.807, 2.05) is 31.2 Å². The number of aromatic nitrogens is 2. The number of hydrogen-bond donors (Lipinski definition) is 2. The van der Waals surface area contributed by atoms with Crippen molar-refractivity contribution in [1.82, 2.24) is 25.3 Å². The zero-order valence-electron chi connectivity index (χ0n) is 19.7. The molecule has 0 bridgehead atoms. The van der Waals surface area contributed by atoms with E-state index in [9.17, 15) is 14.4 Å². The Morgan fingerprint density at radius 1 is 1.03 bits per heavy atom. The normalized spacial score (nSPS) is 14.1. The van der Waals surface area contributed by atoms with Crippen molar-refractivity contribution in [3.05, 3.63) is 70.0 Å². The molecule has 0 radical (unpaired) electrons. The lowest BCUT2D eigenvalue weighted by molar-refractivity contribution is -0.119. The maximum absolute atomic E-state index is 13.2. The van der Waals surface area contributed by atoms with Crippen molar-refractivity contribution in [2.24, 2.45) is 0 Å². The van der Waals surface area contributed by atoms with Crippen molar-refractivity contribution in [2.45, 2.75) is 25.0 Å². The van der Waals surface area contributed by atoms with Gasteiger partial charge in [0.2, 0.25) is 5.91 Å². The summed E-state index contributed by atoms with van der Waals surface area (Å²) in [6.07, 6.45) is 0.784. The second kappa shape index (κ2) is 12.0. The number of morpholine rings is 1. The van der Waals surface area contributed by atoms with Gasteiger partial charge in [-0.25, -0.2) is 4.98 Å². The molecule has 0 spiro atoms. The van der Waals surface area contributed by atoms with Gasteiger partial charge in [0.25, 0.3) is 11.5 Å². The summed E-state index contributed by atoms with van der Waals surface area (Å²) in [7, 11) is 0. The van der Waals surface area contributed by atoms with Gasteiger partial charge >= 0.3 is 0 Å². The monoisotopic (exact) mass is 495 g/mol. The number of carbonyl (C=O) groups is 2. The Bertz CT molecular complexity index is 1240. The van der Waals surface area contributed by atoms with E-state index in [1.54, 1.807) is 28.8 Å². The van der Waals surface area contributed by atoms with Crippen LogP contribution in [0, 0.1) is 6.92 Å². The summed E-state index contributed by atoms with van der Waals surface area (Å²) in [6, 6.07) is 14.3. The molecule has 10 heteroatoms. The third kappa shape index (κ3) is 6.68. The van der Waals surface area contributed by atoms with Gasteiger partial charge in [-0.05, 0) is 37.6 Å². The second-order valence-electron chi connectivity index (χ2n) is 8.33. The SMILES string of the molecule is Cc1ccc(C(=O)NNC(=O)CSc2nc3ccccc3c(=O)n2CCCN2CCOCC2)cc1. The molecule has 9 nitrogen and oxygen atoms in total. The number of nitrogens with one attached hydrogen (secondary N) is 2. The fraction of sp³-hybridized carbons (Fsp3) is 0.360. The molecule has 2 heterocycles. The van der Waals surface area contributed by atoms with Crippen molar-refractivity contribution >= 4 is 34.5 Å². The summed E-state index contributed by atoms with van der Waals surface area (Å²) in [5.41, 5.74) is 6.83. The first kappa shape index (κ1) is 24.9. The van der Waals surface area contributed by atoms with E-state index in [2.05, 4.69) is 20.7 Å². The molecule has 3 aromatic rings. The van der Waals surface area contributed by atoms with Crippen molar-refractivity contribution in [3.8, 4) is 0 Å². The minimum absolute atomic E-state index is 0.00240. The number of ether oxygens (including phenoxy) is 1. The molecule has 1 fully saturated rings. The third-order valence-electron chi connectivity index (χ3n) is 5.75. The second-order valence-corrected chi connectivity index (χ2v) is 9.28.